The van der Waals surface area contributed by atoms with Crippen LogP contribution < -0.4 is 13.6 Å². The SMILES string of the molecule is CCCCc1ccc2c(OP(=O)(Oc3ccccc3C)Oc3ccccc3C)c(CCCC)cc(O)c2c1. The number of benzene rings is 4. The van der Waals surface area contributed by atoms with E-state index in [1.54, 1.807) is 18.2 Å². The van der Waals surface area contributed by atoms with Crippen molar-refractivity contribution in [3.8, 4) is 23.0 Å². The van der Waals surface area contributed by atoms with Gasteiger partial charge in [-0.1, -0.05) is 75.2 Å². The molecule has 4 aromatic carbocycles. The van der Waals surface area contributed by atoms with E-state index in [0.717, 1.165) is 54.4 Å². The first kappa shape index (κ1) is 27.6. The van der Waals surface area contributed by atoms with Gasteiger partial charge in [0.05, 0.1) is 0 Å². The number of aryl methyl sites for hydroxylation is 4. The lowest BCUT2D eigenvalue weighted by Crippen LogP contribution is -2.10. The van der Waals surface area contributed by atoms with Crippen molar-refractivity contribution in [2.24, 2.45) is 0 Å². The molecule has 0 radical (unpaired) electrons. The lowest BCUT2D eigenvalue weighted by atomic mass is 9.97. The first-order valence-electron chi connectivity index (χ1n) is 13.4. The number of phosphoric ester groups is 1. The molecular formula is C32H37O5P. The number of rotatable bonds is 12. The number of hydrogen-bond acceptors (Lipinski definition) is 5. The summed E-state index contributed by atoms with van der Waals surface area (Å²) in [6.45, 7) is 8.03. The fourth-order valence-electron chi connectivity index (χ4n) is 4.41. The number of phosphoric acid groups is 1. The largest absolute Gasteiger partial charge is 0.647 e. The Kier molecular flexibility index (Phi) is 9.01. The maximum Gasteiger partial charge on any atom is 0.647 e. The van der Waals surface area contributed by atoms with Gasteiger partial charge >= 0.3 is 7.82 Å². The third-order valence-corrected chi connectivity index (χ3v) is 7.88. The maximum atomic E-state index is 14.5. The summed E-state index contributed by atoms with van der Waals surface area (Å²) in [5.74, 6) is 1.44. The maximum absolute atomic E-state index is 14.5. The van der Waals surface area contributed by atoms with Crippen LogP contribution in [0.1, 0.15) is 61.8 Å². The van der Waals surface area contributed by atoms with Crippen LogP contribution in [0.5, 0.6) is 23.0 Å². The summed E-state index contributed by atoms with van der Waals surface area (Å²) >= 11 is 0. The molecule has 0 spiro atoms. The van der Waals surface area contributed by atoms with Crippen molar-refractivity contribution in [2.75, 3.05) is 0 Å². The minimum absolute atomic E-state index is 0.186. The Balaban J connectivity index is 1.84. The van der Waals surface area contributed by atoms with Crippen LogP contribution in [0.15, 0.2) is 72.8 Å². The quantitative estimate of drug-likeness (QED) is 0.184. The molecule has 0 heterocycles. The van der Waals surface area contributed by atoms with E-state index in [9.17, 15) is 9.67 Å². The highest BCUT2D eigenvalue weighted by Crippen LogP contribution is 2.53. The van der Waals surface area contributed by atoms with Crippen molar-refractivity contribution in [1.82, 2.24) is 0 Å². The molecule has 0 aliphatic carbocycles. The number of phenolic OH excluding ortho intramolecular Hbond substituents is 1. The first-order chi connectivity index (χ1) is 18.3. The Bertz CT molecular complexity index is 1390. The fraction of sp³-hybridized carbons (Fsp3) is 0.312. The van der Waals surface area contributed by atoms with Crippen molar-refractivity contribution in [3.63, 3.8) is 0 Å². The van der Waals surface area contributed by atoms with E-state index in [4.69, 9.17) is 13.6 Å². The van der Waals surface area contributed by atoms with Crippen molar-refractivity contribution in [2.45, 2.75) is 66.2 Å². The Morgan fingerprint density at radius 3 is 1.87 bits per heavy atom. The zero-order valence-corrected chi connectivity index (χ0v) is 23.6. The zero-order chi connectivity index (χ0) is 27.1. The van der Waals surface area contributed by atoms with Gasteiger partial charge in [0, 0.05) is 10.8 Å². The summed E-state index contributed by atoms with van der Waals surface area (Å²) in [6, 6.07) is 22.4. The van der Waals surface area contributed by atoms with Crippen molar-refractivity contribution in [1.29, 1.82) is 0 Å². The summed E-state index contributed by atoms with van der Waals surface area (Å²) in [4.78, 5) is 0. The average Bonchev–Trinajstić information content (AvgIpc) is 2.91. The van der Waals surface area contributed by atoms with Gasteiger partial charge in [-0.2, -0.15) is 4.57 Å². The van der Waals surface area contributed by atoms with E-state index in [1.807, 2.05) is 68.4 Å². The van der Waals surface area contributed by atoms with Gasteiger partial charge in [0.15, 0.2) is 0 Å². The number of para-hydroxylation sites is 2. The molecule has 200 valence electrons. The predicted molar refractivity (Wildman–Crippen MR) is 155 cm³/mol. The summed E-state index contributed by atoms with van der Waals surface area (Å²) in [7, 11) is -4.23. The normalized spacial score (nSPS) is 11.5. The summed E-state index contributed by atoms with van der Waals surface area (Å²) in [5.41, 5.74) is 3.52. The van der Waals surface area contributed by atoms with Gasteiger partial charge in [0.1, 0.15) is 23.0 Å². The number of hydrogen-bond donors (Lipinski definition) is 1. The van der Waals surface area contributed by atoms with Crippen molar-refractivity contribution in [3.05, 3.63) is 95.1 Å². The molecule has 0 saturated heterocycles. The Morgan fingerprint density at radius 2 is 1.29 bits per heavy atom. The van der Waals surface area contributed by atoms with E-state index in [0.29, 0.717) is 34.4 Å². The van der Waals surface area contributed by atoms with Crippen LogP contribution in [0, 0.1) is 13.8 Å². The van der Waals surface area contributed by atoms with Crippen molar-refractivity contribution >= 4 is 18.6 Å². The third kappa shape index (κ3) is 6.52. The van der Waals surface area contributed by atoms with E-state index in [-0.39, 0.29) is 5.75 Å². The number of aromatic hydroxyl groups is 1. The average molecular weight is 533 g/mol. The molecule has 0 saturated carbocycles. The molecule has 6 heteroatoms. The molecule has 0 bridgehead atoms. The van der Waals surface area contributed by atoms with Gasteiger partial charge in [-0.05, 0) is 86.1 Å². The second kappa shape index (κ2) is 12.4. The zero-order valence-electron chi connectivity index (χ0n) is 22.7. The smallest absolute Gasteiger partial charge is 0.507 e. The second-order valence-corrected chi connectivity index (χ2v) is 11.2. The standard InChI is InChI=1S/C32H37O5P/c1-5-7-15-25-19-20-27-28(21-25)29(33)22-26(16-8-6-2)32(27)37-38(34,35-30-17-11-9-13-23(30)3)36-31-18-12-10-14-24(31)4/h9-14,17-22,33H,5-8,15-16H2,1-4H3. The van der Waals surface area contributed by atoms with E-state index in [2.05, 4.69) is 13.8 Å². The molecular weight excluding hydrogens is 495 g/mol. The Morgan fingerprint density at radius 1 is 0.711 bits per heavy atom. The van der Waals surface area contributed by atoms with E-state index < -0.39 is 7.82 Å². The molecule has 0 atom stereocenters. The summed E-state index contributed by atoms with van der Waals surface area (Å²) in [6.07, 6.45) is 5.58. The van der Waals surface area contributed by atoms with Gasteiger partial charge < -0.3 is 18.7 Å². The molecule has 0 aliphatic heterocycles. The first-order valence-corrected chi connectivity index (χ1v) is 14.9. The highest BCUT2D eigenvalue weighted by Gasteiger charge is 2.36. The predicted octanol–water partition coefficient (Wildman–Crippen LogP) is 9.49. The van der Waals surface area contributed by atoms with Gasteiger partial charge in [0.25, 0.3) is 0 Å². The van der Waals surface area contributed by atoms with Crippen LogP contribution in [0.2, 0.25) is 0 Å². The summed E-state index contributed by atoms with van der Waals surface area (Å²) in [5, 5.41) is 12.3. The van der Waals surface area contributed by atoms with Gasteiger partial charge in [-0.3, -0.25) is 0 Å². The lowest BCUT2D eigenvalue weighted by Gasteiger charge is -2.23. The molecule has 4 aromatic rings. The fourth-order valence-corrected chi connectivity index (χ4v) is 5.85. The highest BCUT2D eigenvalue weighted by molar-refractivity contribution is 7.49. The number of phenols is 1. The Hall–Kier alpha value is -3.43. The molecule has 0 amide bonds. The molecule has 4 rings (SSSR count). The van der Waals surface area contributed by atoms with E-state index >= 15 is 0 Å². The molecule has 0 unspecified atom stereocenters. The topological polar surface area (TPSA) is 65.0 Å². The Labute approximate surface area is 226 Å². The van der Waals surface area contributed by atoms with Crippen LogP contribution >= 0.6 is 7.82 Å². The molecule has 5 nitrogen and oxygen atoms in total. The van der Waals surface area contributed by atoms with Gasteiger partial charge in [-0.25, -0.2) is 0 Å². The molecule has 0 aromatic heterocycles. The van der Waals surface area contributed by atoms with Crippen molar-refractivity contribution < 1.29 is 23.2 Å². The van der Waals surface area contributed by atoms with Gasteiger partial charge in [0.2, 0.25) is 0 Å². The van der Waals surface area contributed by atoms with Crippen LogP contribution in [0.4, 0.5) is 0 Å². The third-order valence-electron chi connectivity index (χ3n) is 6.64. The highest BCUT2D eigenvalue weighted by atomic mass is 31.2. The molecule has 0 fully saturated rings. The lowest BCUT2D eigenvalue weighted by molar-refractivity contribution is 0.297. The van der Waals surface area contributed by atoms with E-state index in [1.165, 1.54) is 0 Å². The molecule has 0 aliphatic rings. The minimum atomic E-state index is -4.23. The monoisotopic (exact) mass is 532 g/mol. The minimum Gasteiger partial charge on any atom is -0.507 e. The molecule has 38 heavy (non-hydrogen) atoms. The van der Waals surface area contributed by atoms with Crippen LogP contribution in [0.3, 0.4) is 0 Å². The summed E-state index contributed by atoms with van der Waals surface area (Å²) < 4.78 is 32.9. The number of fused-ring (bicyclic) bond motifs is 1. The van der Waals surface area contributed by atoms with Crippen LogP contribution in [0.25, 0.3) is 10.8 Å². The van der Waals surface area contributed by atoms with Gasteiger partial charge in [-0.15, -0.1) is 0 Å². The number of unbranched alkanes of at least 4 members (excludes halogenated alkanes) is 2. The molecule has 1 N–H and O–H groups in total. The second-order valence-electron chi connectivity index (χ2n) is 9.72. The van der Waals surface area contributed by atoms with Crippen LogP contribution in [-0.4, -0.2) is 5.11 Å². The van der Waals surface area contributed by atoms with Crippen LogP contribution in [-0.2, 0) is 17.4 Å².